The molecule has 23 nitrogen and oxygen atoms in total. The largest absolute Gasteiger partial charge is 0.467 e. The van der Waals surface area contributed by atoms with Crippen LogP contribution in [0.4, 0.5) is 0 Å². The predicted octanol–water partition coefficient (Wildman–Crippen LogP) is 8.65. The number of carbonyl (C=O) groups excluding carboxylic acids is 4. The van der Waals surface area contributed by atoms with Crippen molar-refractivity contribution in [2.75, 3.05) is 20.3 Å². The van der Waals surface area contributed by atoms with Gasteiger partial charge in [0, 0.05) is 35.5 Å². The summed E-state index contributed by atoms with van der Waals surface area (Å²) in [4.78, 5) is 59.9. The van der Waals surface area contributed by atoms with E-state index in [-0.39, 0.29) is 33.0 Å². The fourth-order valence-corrected chi connectivity index (χ4v) is 10.8. The molecule has 0 aliphatic carbocycles. The Kier molecular flexibility index (Phi) is 23.3. The van der Waals surface area contributed by atoms with E-state index in [4.69, 9.17) is 61.6 Å². The molecular weight excluding hydrogens is 1100 g/mol. The Hall–Kier alpha value is -7.41. The SMILES string of the molecule is COC(=O)[C@H]1O[C@@H](O[C@H]2[C@H](OC(C)=O)[C@@H](N=[N+]=[N-])C(Sc3ccccc3)O[C@@H]2COC(C)=O)[C@H](OCc2ccccc2)[C@@H](OCc2ccccc2)[C@@H]1O[C@H]1O[C@H](COC(C)=O)[C@@H](OCc2ccccc2)[C@H](OCc2ccccc2)[C@H]1N=[N+]=[N-]. The average molecular weight is 1160 g/mol. The Morgan fingerprint density at radius 1 is 0.482 bits per heavy atom. The normalized spacial score (nSPS) is 27.6. The molecule has 5 aromatic rings. The number of rotatable bonds is 26. The van der Waals surface area contributed by atoms with E-state index >= 15 is 0 Å². The Morgan fingerprint density at radius 2 is 0.916 bits per heavy atom. The molecule has 15 atom stereocenters. The number of nitrogens with zero attached hydrogens (tertiary/aromatic N) is 6. The number of benzene rings is 5. The number of carbonyl (C=O) groups is 4. The lowest BCUT2D eigenvalue weighted by atomic mass is 9.94. The summed E-state index contributed by atoms with van der Waals surface area (Å²) >= 11 is 1.17. The van der Waals surface area contributed by atoms with Gasteiger partial charge in [0.2, 0.25) is 0 Å². The number of hydrogen-bond acceptors (Lipinski definition) is 20. The van der Waals surface area contributed by atoms with Gasteiger partial charge in [-0.15, -0.1) is 0 Å². The lowest BCUT2D eigenvalue weighted by Crippen LogP contribution is -2.68. The maximum absolute atomic E-state index is 14.6. The van der Waals surface area contributed by atoms with E-state index in [9.17, 15) is 30.2 Å². The van der Waals surface area contributed by atoms with Crippen molar-refractivity contribution in [3.05, 3.63) is 195 Å². The summed E-state index contributed by atoms with van der Waals surface area (Å²) in [5.41, 5.74) is 22.3. The highest BCUT2D eigenvalue weighted by atomic mass is 32.2. The number of hydrogen-bond donors (Lipinski definition) is 0. The Bertz CT molecular complexity index is 2950. The molecule has 1 unspecified atom stereocenters. The van der Waals surface area contributed by atoms with Crippen LogP contribution in [0.15, 0.2) is 167 Å². The molecule has 0 amide bonds. The van der Waals surface area contributed by atoms with Gasteiger partial charge in [-0.3, -0.25) is 14.4 Å². The van der Waals surface area contributed by atoms with Crippen molar-refractivity contribution in [1.82, 2.24) is 0 Å². The van der Waals surface area contributed by atoms with E-state index in [0.717, 1.165) is 25.2 Å². The van der Waals surface area contributed by atoms with Crippen molar-refractivity contribution in [3.8, 4) is 0 Å². The van der Waals surface area contributed by atoms with Gasteiger partial charge in [0.15, 0.2) is 18.7 Å². The van der Waals surface area contributed by atoms with Gasteiger partial charge in [-0.1, -0.05) is 162 Å². The van der Waals surface area contributed by atoms with Crippen molar-refractivity contribution < 1.29 is 80.8 Å². The number of esters is 4. The Morgan fingerprint density at radius 3 is 1.39 bits per heavy atom. The van der Waals surface area contributed by atoms with Crippen LogP contribution in [0.1, 0.15) is 43.0 Å². The predicted molar refractivity (Wildman–Crippen MR) is 295 cm³/mol. The second-order valence-electron chi connectivity index (χ2n) is 19.3. The second kappa shape index (κ2) is 31.3. The van der Waals surface area contributed by atoms with Crippen LogP contribution in [-0.2, 0) is 107 Å². The van der Waals surface area contributed by atoms with Crippen molar-refractivity contribution in [2.45, 2.75) is 143 Å². The van der Waals surface area contributed by atoms with Crippen molar-refractivity contribution in [3.63, 3.8) is 0 Å². The smallest absolute Gasteiger partial charge is 0.337 e. The molecule has 3 heterocycles. The van der Waals surface area contributed by atoms with E-state index in [2.05, 4.69) is 20.1 Å². The second-order valence-corrected chi connectivity index (χ2v) is 20.5. The average Bonchev–Trinajstić information content (AvgIpc) is 3.69. The van der Waals surface area contributed by atoms with Crippen LogP contribution in [0.5, 0.6) is 0 Å². The molecule has 0 spiro atoms. The summed E-state index contributed by atoms with van der Waals surface area (Å²) < 4.78 is 83.6. The molecule has 0 N–H and O–H groups in total. The zero-order valence-electron chi connectivity index (χ0n) is 45.9. The molecule has 0 radical (unpaired) electrons. The summed E-state index contributed by atoms with van der Waals surface area (Å²) in [6.07, 6.45) is -17.4. The third-order valence-corrected chi connectivity index (χ3v) is 14.6. The minimum atomic E-state index is -1.82. The number of methoxy groups -OCH3 is 1. The van der Waals surface area contributed by atoms with E-state index in [1.54, 1.807) is 24.3 Å². The minimum Gasteiger partial charge on any atom is -0.467 e. The zero-order chi connectivity index (χ0) is 58.5. The van der Waals surface area contributed by atoms with Crippen LogP contribution in [0.25, 0.3) is 20.9 Å². The maximum atomic E-state index is 14.6. The van der Waals surface area contributed by atoms with Gasteiger partial charge >= 0.3 is 23.9 Å². The molecule has 8 rings (SSSR count). The van der Waals surface area contributed by atoms with Gasteiger partial charge in [-0.2, -0.15) is 0 Å². The summed E-state index contributed by atoms with van der Waals surface area (Å²) in [7, 11) is 1.13. The van der Waals surface area contributed by atoms with E-state index in [0.29, 0.717) is 16.0 Å². The topological polar surface area (TPSA) is 286 Å². The van der Waals surface area contributed by atoms with Crippen LogP contribution in [0.3, 0.4) is 0 Å². The minimum absolute atomic E-state index is 0.0143. The first-order valence-corrected chi connectivity index (χ1v) is 27.5. The zero-order valence-corrected chi connectivity index (χ0v) is 46.7. The van der Waals surface area contributed by atoms with Gasteiger partial charge in [-0.25, -0.2) is 4.79 Å². The van der Waals surface area contributed by atoms with Crippen LogP contribution >= 0.6 is 11.8 Å². The van der Waals surface area contributed by atoms with Crippen molar-refractivity contribution in [2.24, 2.45) is 10.2 Å². The highest BCUT2D eigenvalue weighted by Crippen LogP contribution is 2.41. The van der Waals surface area contributed by atoms with Gasteiger partial charge < -0.3 is 61.6 Å². The van der Waals surface area contributed by atoms with E-state index in [1.807, 2.05) is 127 Å². The molecule has 5 aromatic carbocycles. The quantitative estimate of drug-likeness (QED) is 0.0164. The third-order valence-electron chi connectivity index (χ3n) is 13.5. The van der Waals surface area contributed by atoms with Gasteiger partial charge in [0.25, 0.3) is 0 Å². The summed E-state index contributed by atoms with van der Waals surface area (Å²) in [5, 5.41) is 8.30. The molecule has 438 valence electrons. The van der Waals surface area contributed by atoms with Gasteiger partial charge in [-0.05, 0) is 45.4 Å². The van der Waals surface area contributed by atoms with Crippen LogP contribution in [0, 0.1) is 0 Å². The maximum Gasteiger partial charge on any atom is 0.337 e. The van der Waals surface area contributed by atoms with Crippen molar-refractivity contribution in [1.29, 1.82) is 0 Å². The molecule has 0 aromatic heterocycles. The number of azide groups is 2. The fourth-order valence-electron chi connectivity index (χ4n) is 9.66. The molecule has 24 heteroatoms. The van der Waals surface area contributed by atoms with Gasteiger partial charge in [0.1, 0.15) is 85.7 Å². The highest BCUT2D eigenvalue weighted by Gasteiger charge is 2.58. The summed E-state index contributed by atoms with van der Waals surface area (Å²) in [6, 6.07) is 43.0. The first kappa shape index (κ1) is 61.7. The number of thioether (sulfide) groups is 1. The van der Waals surface area contributed by atoms with Gasteiger partial charge in [0.05, 0.1) is 33.5 Å². The first-order chi connectivity index (χ1) is 40.4. The molecule has 3 aliphatic heterocycles. The van der Waals surface area contributed by atoms with Crippen LogP contribution in [0.2, 0.25) is 0 Å². The Labute approximate surface area is 483 Å². The summed E-state index contributed by atoms with van der Waals surface area (Å²) in [5.74, 6) is -3.12. The molecule has 3 fully saturated rings. The lowest BCUT2D eigenvalue weighted by molar-refractivity contribution is -0.366. The standard InChI is InChI=1S/C59H64N6O17S/c1-36(66)71-34-44-48(73-30-39-20-10-5-11-21-39)50(74-31-40-22-12-6-13-23-40)46(62-64-60)57(78-44)81-53-52(75-32-41-24-14-7-15-25-41)55(76-33-42-26-16-8-17-27-42)58(82-54(53)56(69)70-4)80-49-45(35-72-37(2)67)79-59(83-43-28-18-9-19-29-43)47(63-65-61)51(49)77-38(3)68/h5-29,44-55,57-59H,30-35H2,1-4H3/t44-,45-,46-,47-,48-,49-,50-,51-,52+,53+,54+,55-,57-,58-,59?/m1/s1. The molecule has 3 aliphatic rings. The summed E-state index contributed by atoms with van der Waals surface area (Å²) in [6.45, 7) is 2.50. The monoisotopic (exact) mass is 1160 g/mol. The molecule has 0 saturated carbocycles. The molecular formula is C59H64N6O17S. The highest BCUT2D eigenvalue weighted by molar-refractivity contribution is 7.99. The van der Waals surface area contributed by atoms with Crippen LogP contribution in [-0.4, -0.2) is 135 Å². The van der Waals surface area contributed by atoms with E-state index < -0.39 is 122 Å². The third kappa shape index (κ3) is 17.3. The molecule has 83 heavy (non-hydrogen) atoms. The molecule has 3 saturated heterocycles. The van der Waals surface area contributed by atoms with E-state index in [1.165, 1.54) is 25.6 Å². The van der Waals surface area contributed by atoms with Crippen molar-refractivity contribution >= 4 is 35.6 Å². The Balaban J connectivity index is 1.24. The van der Waals surface area contributed by atoms with Crippen LogP contribution < -0.4 is 0 Å². The molecule has 0 bridgehead atoms. The fraction of sp³-hybridized carbons (Fsp3) is 0.424. The number of ether oxygens (including phenoxy) is 13. The lowest BCUT2D eigenvalue weighted by Gasteiger charge is -2.50. The first-order valence-electron chi connectivity index (χ1n) is 26.6.